The zero-order valence-corrected chi connectivity index (χ0v) is 12.5. The van der Waals surface area contributed by atoms with Crippen LogP contribution in [-0.2, 0) is 0 Å². The highest BCUT2D eigenvalue weighted by Gasteiger charge is 1.95. The summed E-state index contributed by atoms with van der Waals surface area (Å²) >= 11 is 1.77. The molecule has 0 aromatic rings. The summed E-state index contributed by atoms with van der Waals surface area (Å²) in [5, 5.41) is 0. The topological polar surface area (TPSA) is 12.0 Å². The Labute approximate surface area is 117 Å². The van der Waals surface area contributed by atoms with Gasteiger partial charge in [-0.25, -0.2) is 0 Å². The molecule has 1 rings (SSSR count). The third-order valence-corrected chi connectivity index (χ3v) is 3.92. The van der Waals surface area contributed by atoms with Crippen LogP contribution in [0.5, 0.6) is 0 Å². The Bertz CT molecular complexity index is 279. The largest absolute Gasteiger partial charge is 0.260 e. The Morgan fingerprint density at radius 3 is 2.67 bits per heavy atom. The van der Waals surface area contributed by atoms with Crippen molar-refractivity contribution in [2.45, 2.75) is 58.3 Å². The maximum absolute atomic E-state index is 3.45. The molecule has 1 N–H and O–H groups in total. The summed E-state index contributed by atoms with van der Waals surface area (Å²) in [6.07, 6.45) is 21.5. The van der Waals surface area contributed by atoms with Crippen molar-refractivity contribution in [2.24, 2.45) is 0 Å². The van der Waals surface area contributed by atoms with Gasteiger partial charge in [-0.15, -0.1) is 0 Å². The second kappa shape index (κ2) is 11.6. The molecule has 2 heteroatoms. The fourth-order valence-electron chi connectivity index (χ4n) is 1.92. The minimum absolute atomic E-state index is 1.05. The minimum Gasteiger partial charge on any atom is -0.260 e. The van der Waals surface area contributed by atoms with E-state index in [1.165, 1.54) is 49.9 Å². The standard InChI is InChI=1S/C16H27NS/c1-2-3-4-5-6-9-12-15-17-18-16-13-10-7-8-11-14-16/h7-8,10,13-14,17H,2-6,9,11-12,15H2,1H3. The van der Waals surface area contributed by atoms with Crippen LogP contribution in [0.15, 0.2) is 35.3 Å². The van der Waals surface area contributed by atoms with Gasteiger partial charge in [0.15, 0.2) is 0 Å². The van der Waals surface area contributed by atoms with Gasteiger partial charge in [-0.05, 0) is 30.9 Å². The van der Waals surface area contributed by atoms with Crippen molar-refractivity contribution < 1.29 is 0 Å². The third-order valence-electron chi connectivity index (χ3n) is 3.04. The molecule has 0 aromatic heterocycles. The lowest BCUT2D eigenvalue weighted by atomic mass is 10.1. The molecule has 1 aliphatic rings. The zero-order chi connectivity index (χ0) is 12.9. The molecule has 0 radical (unpaired) electrons. The first-order valence-electron chi connectivity index (χ1n) is 7.36. The molecule has 102 valence electrons. The van der Waals surface area contributed by atoms with Gasteiger partial charge in [-0.1, -0.05) is 69.8 Å². The fraction of sp³-hybridized carbons (Fsp3) is 0.625. The maximum Gasteiger partial charge on any atom is 0.0191 e. The molecule has 0 fully saturated rings. The lowest BCUT2D eigenvalue weighted by Gasteiger charge is -2.04. The predicted octanol–water partition coefficient (Wildman–Crippen LogP) is 5.37. The van der Waals surface area contributed by atoms with Crippen LogP contribution in [-0.4, -0.2) is 6.54 Å². The van der Waals surface area contributed by atoms with Gasteiger partial charge >= 0.3 is 0 Å². The van der Waals surface area contributed by atoms with Gasteiger partial charge in [0.05, 0.1) is 0 Å². The van der Waals surface area contributed by atoms with E-state index in [0.717, 1.165) is 13.0 Å². The second-order valence-electron chi connectivity index (χ2n) is 4.75. The van der Waals surface area contributed by atoms with Crippen molar-refractivity contribution in [1.29, 1.82) is 0 Å². The lowest BCUT2D eigenvalue weighted by molar-refractivity contribution is 0.589. The van der Waals surface area contributed by atoms with E-state index in [0.29, 0.717) is 0 Å². The average Bonchev–Trinajstić information content (AvgIpc) is 2.65. The predicted molar refractivity (Wildman–Crippen MR) is 84.6 cm³/mol. The number of hydrogen-bond acceptors (Lipinski definition) is 2. The molecular formula is C16H27NS. The summed E-state index contributed by atoms with van der Waals surface area (Å²) in [7, 11) is 0. The molecule has 0 atom stereocenters. The molecule has 0 saturated heterocycles. The summed E-state index contributed by atoms with van der Waals surface area (Å²) in [6, 6.07) is 0. The highest BCUT2D eigenvalue weighted by molar-refractivity contribution is 8.01. The molecule has 0 unspecified atom stereocenters. The molecular weight excluding hydrogens is 238 g/mol. The van der Waals surface area contributed by atoms with Crippen molar-refractivity contribution >= 4 is 11.9 Å². The Kier molecular flexibility index (Phi) is 10.1. The smallest absolute Gasteiger partial charge is 0.0191 e. The zero-order valence-electron chi connectivity index (χ0n) is 11.7. The Hall–Kier alpha value is -0.470. The van der Waals surface area contributed by atoms with E-state index in [2.05, 4.69) is 42.0 Å². The van der Waals surface area contributed by atoms with Gasteiger partial charge in [0.2, 0.25) is 0 Å². The van der Waals surface area contributed by atoms with Gasteiger partial charge in [0, 0.05) is 11.4 Å². The van der Waals surface area contributed by atoms with Gasteiger partial charge in [-0.2, -0.15) is 0 Å². The van der Waals surface area contributed by atoms with Gasteiger partial charge in [0.25, 0.3) is 0 Å². The molecule has 0 heterocycles. The molecule has 1 nitrogen and oxygen atoms in total. The highest BCUT2D eigenvalue weighted by atomic mass is 32.2. The van der Waals surface area contributed by atoms with Crippen LogP contribution >= 0.6 is 11.9 Å². The van der Waals surface area contributed by atoms with Crippen LogP contribution in [0.4, 0.5) is 0 Å². The number of rotatable bonds is 10. The van der Waals surface area contributed by atoms with Gasteiger partial charge < -0.3 is 0 Å². The molecule has 0 aliphatic heterocycles. The first-order chi connectivity index (χ1) is 8.93. The molecule has 0 saturated carbocycles. The van der Waals surface area contributed by atoms with E-state index in [4.69, 9.17) is 0 Å². The molecule has 0 spiro atoms. The normalized spacial score (nSPS) is 14.6. The van der Waals surface area contributed by atoms with E-state index in [1.54, 1.807) is 11.9 Å². The van der Waals surface area contributed by atoms with Crippen LogP contribution in [0, 0.1) is 0 Å². The Morgan fingerprint density at radius 1 is 1.06 bits per heavy atom. The Morgan fingerprint density at radius 2 is 1.83 bits per heavy atom. The summed E-state index contributed by atoms with van der Waals surface area (Å²) < 4.78 is 3.45. The van der Waals surface area contributed by atoms with E-state index >= 15 is 0 Å². The molecule has 0 bridgehead atoms. The monoisotopic (exact) mass is 265 g/mol. The van der Waals surface area contributed by atoms with Crippen molar-refractivity contribution in [2.75, 3.05) is 6.54 Å². The number of unbranched alkanes of at least 4 members (excludes halogenated alkanes) is 6. The van der Waals surface area contributed by atoms with Crippen LogP contribution in [0.1, 0.15) is 58.3 Å². The summed E-state index contributed by atoms with van der Waals surface area (Å²) in [5.41, 5.74) is 0. The second-order valence-corrected chi connectivity index (χ2v) is 5.71. The molecule has 1 aliphatic carbocycles. The van der Waals surface area contributed by atoms with E-state index in [-0.39, 0.29) is 0 Å². The first-order valence-corrected chi connectivity index (χ1v) is 8.18. The van der Waals surface area contributed by atoms with E-state index < -0.39 is 0 Å². The minimum atomic E-state index is 1.05. The van der Waals surface area contributed by atoms with Gasteiger partial charge in [0.1, 0.15) is 0 Å². The summed E-state index contributed by atoms with van der Waals surface area (Å²) in [4.78, 5) is 1.34. The lowest BCUT2D eigenvalue weighted by Crippen LogP contribution is -2.05. The number of nitrogens with one attached hydrogen (secondary N) is 1. The van der Waals surface area contributed by atoms with Crippen LogP contribution in [0.3, 0.4) is 0 Å². The summed E-state index contributed by atoms with van der Waals surface area (Å²) in [6.45, 7) is 3.39. The van der Waals surface area contributed by atoms with Gasteiger partial charge in [-0.3, -0.25) is 4.72 Å². The summed E-state index contributed by atoms with van der Waals surface area (Å²) in [5.74, 6) is 0. The SMILES string of the molecule is CCCCCCCCCNSC1=CCC=CC=C1. The molecule has 18 heavy (non-hydrogen) atoms. The fourth-order valence-corrected chi connectivity index (χ4v) is 2.66. The quantitative estimate of drug-likeness (QED) is 0.421. The van der Waals surface area contributed by atoms with Crippen molar-refractivity contribution in [3.8, 4) is 0 Å². The van der Waals surface area contributed by atoms with E-state index in [1.807, 2.05) is 0 Å². The number of hydrogen-bond donors (Lipinski definition) is 1. The van der Waals surface area contributed by atoms with Crippen molar-refractivity contribution in [3.05, 3.63) is 35.3 Å². The highest BCUT2D eigenvalue weighted by Crippen LogP contribution is 2.16. The van der Waals surface area contributed by atoms with Crippen LogP contribution < -0.4 is 4.72 Å². The maximum atomic E-state index is 3.45. The van der Waals surface area contributed by atoms with Crippen LogP contribution in [0.25, 0.3) is 0 Å². The number of allylic oxidation sites excluding steroid dienone is 5. The van der Waals surface area contributed by atoms with Crippen LogP contribution in [0.2, 0.25) is 0 Å². The van der Waals surface area contributed by atoms with Crippen molar-refractivity contribution in [3.63, 3.8) is 0 Å². The first kappa shape index (κ1) is 15.6. The average molecular weight is 265 g/mol. The molecule has 0 aromatic carbocycles. The Balaban J connectivity index is 1.88. The third kappa shape index (κ3) is 8.60. The van der Waals surface area contributed by atoms with E-state index in [9.17, 15) is 0 Å². The molecule has 0 amide bonds. The van der Waals surface area contributed by atoms with Crippen molar-refractivity contribution in [1.82, 2.24) is 4.72 Å².